The first-order valence-electron chi connectivity index (χ1n) is 2.79. The summed E-state index contributed by atoms with van der Waals surface area (Å²) in [5.74, 6) is 0. The van der Waals surface area contributed by atoms with Gasteiger partial charge in [-0.2, -0.15) is 0 Å². The average molecular weight is 220 g/mol. The average Bonchev–Trinajstić information content (AvgIpc) is 2.40. The van der Waals surface area contributed by atoms with E-state index in [0.29, 0.717) is 17.1 Å². The van der Waals surface area contributed by atoms with Gasteiger partial charge in [-0.3, -0.25) is 10.7 Å². The fourth-order valence-electron chi connectivity index (χ4n) is 0.605. The van der Waals surface area contributed by atoms with E-state index in [1.807, 2.05) is 5.48 Å². The van der Waals surface area contributed by atoms with Gasteiger partial charge in [-0.15, -0.1) is 0 Å². The van der Waals surface area contributed by atoms with Gasteiger partial charge in [0.15, 0.2) is 5.69 Å². The molecule has 0 spiro atoms. The first kappa shape index (κ1) is 8.22. The van der Waals surface area contributed by atoms with E-state index in [0.717, 1.165) is 0 Å². The van der Waals surface area contributed by atoms with Crippen LogP contribution in [0.2, 0.25) is 0 Å². The summed E-state index contributed by atoms with van der Waals surface area (Å²) < 4.78 is 4.42. The maximum Gasteiger partial charge on any atom is 0.156 e. The van der Waals surface area contributed by atoms with E-state index in [1.54, 1.807) is 6.92 Å². The molecule has 0 bridgehead atoms. The third-order valence-electron chi connectivity index (χ3n) is 1.14. The molecule has 0 saturated carbocycles. The Hall–Kier alpha value is -0.880. The minimum atomic E-state index is 0.406. The number of hydroxylamine groups is 1. The Kier molecular flexibility index (Phi) is 2.61. The predicted octanol–water partition coefficient (Wildman–Crippen LogP) is 1.05. The smallest absolute Gasteiger partial charge is 0.156 e. The lowest BCUT2D eigenvalue weighted by Gasteiger charge is -1.97. The highest BCUT2D eigenvalue weighted by Gasteiger charge is 2.08. The van der Waals surface area contributed by atoms with Crippen molar-refractivity contribution < 1.29 is 9.84 Å². The van der Waals surface area contributed by atoms with E-state index < -0.39 is 0 Å². The molecular formula is C5H6BrN3O2. The monoisotopic (exact) mass is 219 g/mol. The molecule has 0 radical (unpaired) electrons. The molecule has 1 heterocycles. The van der Waals surface area contributed by atoms with Gasteiger partial charge < -0.3 is 0 Å². The second-order valence-electron chi connectivity index (χ2n) is 1.83. The number of nitrogens with one attached hydrogen (secondary N) is 1. The number of aryl methyl sites for hydroxylation is 1. The van der Waals surface area contributed by atoms with E-state index in [-0.39, 0.29) is 0 Å². The summed E-state index contributed by atoms with van der Waals surface area (Å²) in [5, 5.41) is 15.6. The van der Waals surface area contributed by atoms with Crippen LogP contribution in [0.15, 0.2) is 9.61 Å². The largest absolute Gasteiger partial charge is 0.291 e. The first-order valence-corrected chi connectivity index (χ1v) is 3.71. The van der Waals surface area contributed by atoms with Gasteiger partial charge >= 0.3 is 0 Å². The maximum atomic E-state index is 8.56. The van der Waals surface area contributed by atoms with E-state index in [2.05, 4.69) is 30.9 Å². The fourth-order valence-corrected chi connectivity index (χ4v) is 0.924. The van der Waals surface area contributed by atoms with Crippen molar-refractivity contribution in [3.63, 3.8) is 0 Å². The quantitative estimate of drug-likeness (QED) is 0.729. The lowest BCUT2D eigenvalue weighted by atomic mass is 10.3. The number of hydrogen-bond acceptors (Lipinski definition) is 5. The summed E-state index contributed by atoms with van der Waals surface area (Å²) in [6, 6.07) is 0. The molecule has 0 aliphatic carbocycles. The van der Waals surface area contributed by atoms with Gasteiger partial charge in [-0.25, -0.2) is 4.63 Å². The van der Waals surface area contributed by atoms with Crippen molar-refractivity contribution in [2.75, 3.05) is 0 Å². The third-order valence-corrected chi connectivity index (χ3v) is 1.60. The minimum absolute atomic E-state index is 0.406. The molecule has 11 heavy (non-hydrogen) atoms. The van der Waals surface area contributed by atoms with Crippen LogP contribution in [0.1, 0.15) is 11.4 Å². The topological polar surface area (TPSA) is 71.2 Å². The number of nitrogens with zero attached hydrogens (tertiary/aromatic N) is 2. The number of hydrogen-bond donors (Lipinski definition) is 2. The van der Waals surface area contributed by atoms with Crippen LogP contribution >= 0.6 is 15.9 Å². The Bertz CT molecular complexity index is 270. The van der Waals surface area contributed by atoms with Crippen molar-refractivity contribution >= 4 is 21.6 Å². The highest BCUT2D eigenvalue weighted by atomic mass is 79.9. The Morgan fingerprint density at radius 1 is 1.73 bits per heavy atom. The summed E-state index contributed by atoms with van der Waals surface area (Å²) in [7, 11) is 0. The summed E-state index contributed by atoms with van der Waals surface area (Å²) in [5.41, 5.74) is 3.44. The highest BCUT2D eigenvalue weighted by molar-refractivity contribution is 9.11. The van der Waals surface area contributed by atoms with Crippen LogP contribution in [0.5, 0.6) is 0 Å². The molecule has 1 aromatic heterocycles. The van der Waals surface area contributed by atoms with Gasteiger partial charge in [-0.1, -0.05) is 21.1 Å². The van der Waals surface area contributed by atoms with Gasteiger partial charge in [-0.05, 0) is 12.1 Å². The molecule has 60 valence electrons. The second kappa shape index (κ2) is 3.49. The summed E-state index contributed by atoms with van der Waals surface area (Å²) in [6.07, 6.45) is 0. The molecule has 0 aromatic carbocycles. The van der Waals surface area contributed by atoms with Crippen LogP contribution in [0.4, 0.5) is 0 Å². The van der Waals surface area contributed by atoms with Crippen molar-refractivity contribution in [2.45, 2.75) is 6.92 Å². The van der Waals surface area contributed by atoms with Crippen molar-refractivity contribution in [3.8, 4) is 0 Å². The molecule has 0 amide bonds. The fraction of sp³-hybridized carbons (Fsp3) is 0.200. The zero-order chi connectivity index (χ0) is 8.27. The molecule has 6 heteroatoms. The van der Waals surface area contributed by atoms with Gasteiger partial charge in [0.05, 0.1) is 5.70 Å². The second-order valence-corrected chi connectivity index (χ2v) is 2.29. The Morgan fingerprint density at radius 3 is 2.82 bits per heavy atom. The zero-order valence-corrected chi connectivity index (χ0v) is 7.29. The van der Waals surface area contributed by atoms with Gasteiger partial charge in [0.2, 0.25) is 0 Å². The van der Waals surface area contributed by atoms with Crippen LogP contribution in [0.3, 0.4) is 0 Å². The molecule has 0 unspecified atom stereocenters. The number of aromatic nitrogens is 2. The van der Waals surface area contributed by atoms with Crippen LogP contribution < -0.4 is 5.48 Å². The third kappa shape index (κ3) is 1.58. The summed E-state index contributed by atoms with van der Waals surface area (Å²) in [6.45, 7) is 1.72. The normalized spacial score (nSPS) is 11.7. The molecule has 0 fully saturated rings. The zero-order valence-electron chi connectivity index (χ0n) is 5.71. The molecule has 2 N–H and O–H groups in total. The Labute approximate surface area is 71.1 Å². The van der Waals surface area contributed by atoms with E-state index in [1.165, 1.54) is 4.99 Å². The SMILES string of the molecule is Cc1nonc1C(=CBr)NO. The first-order chi connectivity index (χ1) is 5.29. The van der Waals surface area contributed by atoms with Gasteiger partial charge in [0, 0.05) is 4.99 Å². The van der Waals surface area contributed by atoms with Crippen LogP contribution in [-0.2, 0) is 0 Å². The maximum absolute atomic E-state index is 8.56. The molecule has 5 nitrogen and oxygen atoms in total. The van der Waals surface area contributed by atoms with Gasteiger partial charge in [0.25, 0.3) is 0 Å². The molecule has 1 rings (SSSR count). The van der Waals surface area contributed by atoms with Crippen molar-refractivity contribution in [3.05, 3.63) is 16.4 Å². The van der Waals surface area contributed by atoms with E-state index in [9.17, 15) is 0 Å². The van der Waals surface area contributed by atoms with Crippen LogP contribution in [-0.4, -0.2) is 15.5 Å². The molecule has 0 aliphatic rings. The molecular weight excluding hydrogens is 214 g/mol. The number of rotatable bonds is 2. The van der Waals surface area contributed by atoms with E-state index in [4.69, 9.17) is 5.21 Å². The Morgan fingerprint density at radius 2 is 2.45 bits per heavy atom. The number of halogens is 1. The van der Waals surface area contributed by atoms with Crippen molar-refractivity contribution in [1.29, 1.82) is 0 Å². The predicted molar refractivity (Wildman–Crippen MR) is 40.9 cm³/mol. The molecule has 0 aliphatic heterocycles. The molecule has 1 aromatic rings. The van der Waals surface area contributed by atoms with Gasteiger partial charge in [0.1, 0.15) is 5.69 Å². The Balaban J connectivity index is 3.00. The van der Waals surface area contributed by atoms with Crippen LogP contribution in [0.25, 0.3) is 5.70 Å². The summed E-state index contributed by atoms with van der Waals surface area (Å²) >= 11 is 3.04. The van der Waals surface area contributed by atoms with Crippen molar-refractivity contribution in [2.24, 2.45) is 0 Å². The lowest BCUT2D eigenvalue weighted by Crippen LogP contribution is -2.06. The molecule has 0 saturated heterocycles. The summed E-state index contributed by atoms with van der Waals surface area (Å²) in [4.78, 5) is 1.49. The minimum Gasteiger partial charge on any atom is -0.291 e. The standard InChI is InChI=1S/C5H6BrN3O2/c1-3-5(9-11-8-3)4(2-6)7-10/h2,7,10H,1H3. The highest BCUT2D eigenvalue weighted by Crippen LogP contribution is 2.12. The lowest BCUT2D eigenvalue weighted by molar-refractivity contribution is 0.223. The van der Waals surface area contributed by atoms with E-state index >= 15 is 0 Å². The molecule has 0 atom stereocenters. The van der Waals surface area contributed by atoms with Crippen molar-refractivity contribution in [1.82, 2.24) is 15.8 Å². The van der Waals surface area contributed by atoms with Crippen LogP contribution in [0, 0.1) is 6.92 Å².